The van der Waals surface area contributed by atoms with E-state index in [0.29, 0.717) is 11.7 Å². The highest BCUT2D eigenvalue weighted by Gasteiger charge is 2.23. The molecule has 1 aliphatic heterocycles. The molecule has 1 aliphatic rings. The van der Waals surface area contributed by atoms with Gasteiger partial charge in [-0.1, -0.05) is 19.9 Å². The second-order valence-electron chi connectivity index (χ2n) is 5.29. The molecule has 0 bridgehead atoms. The maximum atomic E-state index is 12.2. The molecule has 1 heterocycles. The number of carbonyl (C=O) groups is 1. The van der Waals surface area contributed by atoms with E-state index >= 15 is 0 Å². The number of nitrogens with one attached hydrogen (secondary N) is 2. The summed E-state index contributed by atoms with van der Waals surface area (Å²) in [6.07, 6.45) is 0.901. The summed E-state index contributed by atoms with van der Waals surface area (Å²) in [4.78, 5) is 12.2. The predicted octanol–water partition coefficient (Wildman–Crippen LogP) is 2.37. The van der Waals surface area contributed by atoms with Crippen molar-refractivity contribution in [3.05, 3.63) is 23.8 Å². The molecule has 1 atom stereocenters. The fourth-order valence-corrected chi connectivity index (χ4v) is 2.30. The largest absolute Gasteiger partial charge is 0.495 e. The second kappa shape index (κ2) is 6.06. The number of rotatable bonds is 4. The number of hydrogen-bond donors (Lipinski definition) is 2. The lowest BCUT2D eigenvalue weighted by molar-refractivity contribution is -0.119. The Balaban J connectivity index is 2.16. The Bertz CT molecular complexity index is 451. The summed E-state index contributed by atoms with van der Waals surface area (Å²) in [6, 6.07) is 5.96. The van der Waals surface area contributed by atoms with Crippen molar-refractivity contribution < 1.29 is 9.53 Å². The van der Waals surface area contributed by atoms with Gasteiger partial charge >= 0.3 is 0 Å². The lowest BCUT2D eigenvalue weighted by Crippen LogP contribution is -2.24. The van der Waals surface area contributed by atoms with E-state index in [0.717, 1.165) is 25.2 Å². The van der Waals surface area contributed by atoms with Crippen LogP contribution in [0.15, 0.2) is 18.2 Å². The zero-order valence-corrected chi connectivity index (χ0v) is 11.8. The van der Waals surface area contributed by atoms with Gasteiger partial charge in [-0.05, 0) is 36.6 Å². The molecule has 1 amide bonds. The van der Waals surface area contributed by atoms with E-state index in [-0.39, 0.29) is 11.8 Å². The molecule has 0 spiro atoms. The third-order valence-electron chi connectivity index (χ3n) is 3.58. The predicted molar refractivity (Wildman–Crippen MR) is 76.7 cm³/mol. The number of benzene rings is 1. The maximum absolute atomic E-state index is 12.2. The van der Waals surface area contributed by atoms with Crippen LogP contribution in [0, 0.1) is 5.92 Å². The monoisotopic (exact) mass is 262 g/mol. The molecule has 104 valence electrons. The Morgan fingerprint density at radius 1 is 1.47 bits per heavy atom. The highest BCUT2D eigenvalue weighted by Crippen LogP contribution is 2.29. The van der Waals surface area contributed by atoms with Gasteiger partial charge in [0.1, 0.15) is 5.75 Å². The van der Waals surface area contributed by atoms with Crippen LogP contribution in [0.5, 0.6) is 5.75 Å². The minimum Gasteiger partial charge on any atom is -0.495 e. The van der Waals surface area contributed by atoms with Crippen LogP contribution in [-0.2, 0) is 4.79 Å². The van der Waals surface area contributed by atoms with E-state index in [2.05, 4.69) is 24.5 Å². The van der Waals surface area contributed by atoms with Crippen LogP contribution < -0.4 is 15.4 Å². The quantitative estimate of drug-likeness (QED) is 0.876. The summed E-state index contributed by atoms with van der Waals surface area (Å²) in [5.74, 6) is 1.27. The Kier molecular flexibility index (Phi) is 4.43. The summed E-state index contributed by atoms with van der Waals surface area (Å²) in [6.45, 7) is 5.95. The van der Waals surface area contributed by atoms with Crippen LogP contribution in [0.3, 0.4) is 0 Å². The number of methoxy groups -OCH3 is 1. The van der Waals surface area contributed by atoms with Crippen LogP contribution in [0.25, 0.3) is 0 Å². The fourth-order valence-electron chi connectivity index (χ4n) is 2.30. The van der Waals surface area contributed by atoms with Gasteiger partial charge in [0.2, 0.25) is 5.91 Å². The molecule has 4 nitrogen and oxygen atoms in total. The smallest absolute Gasteiger partial charge is 0.228 e. The van der Waals surface area contributed by atoms with E-state index in [1.165, 1.54) is 5.56 Å². The van der Waals surface area contributed by atoms with E-state index in [9.17, 15) is 4.79 Å². The third-order valence-corrected chi connectivity index (χ3v) is 3.58. The molecule has 4 heteroatoms. The fraction of sp³-hybridized carbons (Fsp3) is 0.533. The highest BCUT2D eigenvalue weighted by atomic mass is 16.5. The highest BCUT2D eigenvalue weighted by molar-refractivity contribution is 5.94. The minimum absolute atomic E-state index is 0.0624. The number of anilines is 1. The van der Waals surface area contributed by atoms with Crippen LogP contribution in [0.1, 0.15) is 31.7 Å². The first-order valence-electron chi connectivity index (χ1n) is 6.81. The topological polar surface area (TPSA) is 50.4 Å². The molecule has 0 saturated carbocycles. The van der Waals surface area contributed by atoms with Gasteiger partial charge < -0.3 is 15.4 Å². The van der Waals surface area contributed by atoms with E-state index in [1.54, 1.807) is 7.11 Å². The number of carbonyl (C=O) groups excluding carboxylic acids is 1. The van der Waals surface area contributed by atoms with Crippen LogP contribution in [0.4, 0.5) is 5.69 Å². The Morgan fingerprint density at radius 3 is 2.84 bits per heavy atom. The van der Waals surface area contributed by atoms with Crippen LogP contribution >= 0.6 is 0 Å². The summed E-state index contributed by atoms with van der Waals surface area (Å²) in [5, 5.41) is 6.20. The van der Waals surface area contributed by atoms with Gasteiger partial charge in [0.15, 0.2) is 0 Å². The average Bonchev–Trinajstić information content (AvgIpc) is 2.92. The second-order valence-corrected chi connectivity index (χ2v) is 5.29. The summed E-state index contributed by atoms with van der Waals surface area (Å²) in [5.41, 5.74) is 1.96. The van der Waals surface area contributed by atoms with Crippen LogP contribution in [0.2, 0.25) is 0 Å². The van der Waals surface area contributed by atoms with Gasteiger partial charge in [-0.2, -0.15) is 0 Å². The normalized spacial score (nSPS) is 18.6. The average molecular weight is 262 g/mol. The van der Waals surface area contributed by atoms with Gasteiger partial charge in [-0.25, -0.2) is 0 Å². The summed E-state index contributed by atoms with van der Waals surface area (Å²) < 4.78 is 5.31. The van der Waals surface area contributed by atoms with Gasteiger partial charge in [-0.15, -0.1) is 0 Å². The standard InChI is InChI=1S/C15H22N2O2/c1-10(2)11-4-5-14(19-3)13(8-11)17-15(18)12-6-7-16-9-12/h4-5,8,10,12,16H,6-7,9H2,1-3H3,(H,17,18). The van der Waals surface area contributed by atoms with E-state index in [4.69, 9.17) is 4.74 Å². The molecule has 0 aromatic heterocycles. The molecule has 0 radical (unpaired) electrons. The van der Waals surface area contributed by atoms with Gasteiger partial charge in [0, 0.05) is 6.54 Å². The first kappa shape index (κ1) is 13.9. The van der Waals surface area contributed by atoms with Crippen molar-refractivity contribution in [2.75, 3.05) is 25.5 Å². The zero-order chi connectivity index (χ0) is 13.8. The molecule has 1 unspecified atom stereocenters. The van der Waals surface area contributed by atoms with Crippen LogP contribution in [-0.4, -0.2) is 26.1 Å². The zero-order valence-electron chi connectivity index (χ0n) is 11.8. The summed E-state index contributed by atoms with van der Waals surface area (Å²) in [7, 11) is 1.62. The van der Waals surface area contributed by atoms with Crippen molar-refractivity contribution in [1.29, 1.82) is 0 Å². The van der Waals surface area contributed by atoms with E-state index in [1.807, 2.05) is 18.2 Å². The van der Waals surface area contributed by atoms with Gasteiger partial charge in [-0.3, -0.25) is 4.79 Å². The lowest BCUT2D eigenvalue weighted by atomic mass is 10.0. The van der Waals surface area contributed by atoms with Crippen molar-refractivity contribution in [2.24, 2.45) is 5.92 Å². The third kappa shape index (κ3) is 3.26. The Morgan fingerprint density at radius 2 is 2.26 bits per heavy atom. The van der Waals surface area contributed by atoms with E-state index < -0.39 is 0 Å². The van der Waals surface area contributed by atoms with Gasteiger partial charge in [0.25, 0.3) is 0 Å². The van der Waals surface area contributed by atoms with Crippen molar-refractivity contribution in [1.82, 2.24) is 5.32 Å². The molecule has 1 fully saturated rings. The molecular weight excluding hydrogens is 240 g/mol. The minimum atomic E-state index is 0.0624. The van der Waals surface area contributed by atoms with Crippen molar-refractivity contribution in [3.8, 4) is 5.75 Å². The van der Waals surface area contributed by atoms with Crippen molar-refractivity contribution in [2.45, 2.75) is 26.2 Å². The Labute approximate surface area is 114 Å². The number of ether oxygens (including phenoxy) is 1. The first-order chi connectivity index (χ1) is 9.11. The lowest BCUT2D eigenvalue weighted by Gasteiger charge is -2.15. The van der Waals surface area contributed by atoms with Gasteiger partial charge in [0.05, 0.1) is 18.7 Å². The molecule has 19 heavy (non-hydrogen) atoms. The Hall–Kier alpha value is -1.55. The molecule has 1 aromatic carbocycles. The number of hydrogen-bond acceptors (Lipinski definition) is 3. The number of amides is 1. The SMILES string of the molecule is COc1ccc(C(C)C)cc1NC(=O)C1CCNC1. The molecule has 2 rings (SSSR count). The molecule has 1 aromatic rings. The molecule has 1 saturated heterocycles. The molecular formula is C15H22N2O2. The molecule has 2 N–H and O–H groups in total. The van der Waals surface area contributed by atoms with Crippen molar-refractivity contribution >= 4 is 11.6 Å². The first-order valence-corrected chi connectivity index (χ1v) is 6.81. The maximum Gasteiger partial charge on any atom is 0.228 e. The summed E-state index contributed by atoms with van der Waals surface area (Å²) >= 11 is 0. The van der Waals surface area contributed by atoms with Crippen molar-refractivity contribution in [3.63, 3.8) is 0 Å². The molecule has 0 aliphatic carbocycles.